The van der Waals surface area contributed by atoms with Crippen molar-refractivity contribution in [3.63, 3.8) is 0 Å². The SMILES string of the molecule is CCC(C)C(N)c1nc(-c2cncs2)no1. The molecule has 0 bridgehead atoms. The van der Waals surface area contributed by atoms with Gasteiger partial charge in [0.2, 0.25) is 11.7 Å². The molecule has 2 N–H and O–H groups in total. The first-order valence-electron chi connectivity index (χ1n) is 5.20. The van der Waals surface area contributed by atoms with Gasteiger partial charge in [0, 0.05) is 6.20 Å². The molecule has 0 spiro atoms. The number of hydrogen-bond acceptors (Lipinski definition) is 6. The van der Waals surface area contributed by atoms with E-state index in [0.29, 0.717) is 17.6 Å². The van der Waals surface area contributed by atoms with E-state index in [9.17, 15) is 0 Å². The second-order valence-corrected chi connectivity index (χ2v) is 4.62. The second kappa shape index (κ2) is 4.71. The highest BCUT2D eigenvalue weighted by atomic mass is 32.1. The molecule has 2 aromatic rings. The first-order chi connectivity index (χ1) is 7.72. The lowest BCUT2D eigenvalue weighted by Crippen LogP contribution is -2.18. The second-order valence-electron chi connectivity index (χ2n) is 3.73. The standard InChI is InChI=1S/C10H14N4OS/c1-3-6(2)8(11)10-13-9(14-15-10)7-4-12-5-16-7/h4-6,8H,3,11H2,1-2H3. The molecule has 0 amide bonds. The lowest BCUT2D eigenvalue weighted by Gasteiger charge is -2.12. The van der Waals surface area contributed by atoms with Crippen molar-refractivity contribution in [2.45, 2.75) is 26.3 Å². The van der Waals surface area contributed by atoms with Crippen LogP contribution in [-0.2, 0) is 0 Å². The fourth-order valence-electron chi connectivity index (χ4n) is 1.29. The summed E-state index contributed by atoms with van der Waals surface area (Å²) in [7, 11) is 0. The molecule has 5 nitrogen and oxygen atoms in total. The first-order valence-corrected chi connectivity index (χ1v) is 6.08. The molecule has 0 aliphatic heterocycles. The van der Waals surface area contributed by atoms with E-state index in [1.54, 1.807) is 11.7 Å². The van der Waals surface area contributed by atoms with Crippen molar-refractivity contribution >= 4 is 11.3 Å². The number of thiazole rings is 1. The Morgan fingerprint density at radius 2 is 2.38 bits per heavy atom. The van der Waals surface area contributed by atoms with Crippen LogP contribution in [0.4, 0.5) is 0 Å². The summed E-state index contributed by atoms with van der Waals surface area (Å²) in [6.45, 7) is 4.16. The molecule has 0 fully saturated rings. The normalized spacial score (nSPS) is 14.9. The van der Waals surface area contributed by atoms with Gasteiger partial charge in [0.1, 0.15) is 0 Å². The number of rotatable bonds is 4. The predicted octanol–water partition coefficient (Wildman–Crippen LogP) is 2.24. The van der Waals surface area contributed by atoms with Gasteiger partial charge in [0.15, 0.2) is 0 Å². The molecule has 2 heterocycles. The summed E-state index contributed by atoms with van der Waals surface area (Å²) in [5.41, 5.74) is 7.74. The van der Waals surface area contributed by atoms with Crippen molar-refractivity contribution in [2.24, 2.45) is 11.7 Å². The Morgan fingerprint density at radius 3 is 3.00 bits per heavy atom. The summed E-state index contributed by atoms with van der Waals surface area (Å²) in [6.07, 6.45) is 2.70. The fraction of sp³-hybridized carbons (Fsp3) is 0.500. The van der Waals surface area contributed by atoms with Crippen LogP contribution in [-0.4, -0.2) is 15.1 Å². The highest BCUT2D eigenvalue weighted by Crippen LogP contribution is 2.24. The zero-order valence-corrected chi connectivity index (χ0v) is 10.1. The number of hydrogen-bond donors (Lipinski definition) is 1. The summed E-state index contributed by atoms with van der Waals surface area (Å²) in [5, 5.41) is 3.90. The number of nitrogens with two attached hydrogens (primary N) is 1. The topological polar surface area (TPSA) is 77.8 Å². The third-order valence-electron chi connectivity index (χ3n) is 2.64. The zero-order valence-electron chi connectivity index (χ0n) is 9.25. The van der Waals surface area contributed by atoms with E-state index in [1.807, 2.05) is 0 Å². The fourth-order valence-corrected chi connectivity index (χ4v) is 1.84. The van der Waals surface area contributed by atoms with E-state index in [1.165, 1.54) is 11.3 Å². The van der Waals surface area contributed by atoms with Gasteiger partial charge in [-0.2, -0.15) is 4.98 Å². The molecule has 86 valence electrons. The smallest absolute Gasteiger partial charge is 0.244 e. The van der Waals surface area contributed by atoms with Crippen molar-refractivity contribution in [1.29, 1.82) is 0 Å². The molecule has 0 aliphatic rings. The van der Waals surface area contributed by atoms with Gasteiger partial charge >= 0.3 is 0 Å². The van der Waals surface area contributed by atoms with Crippen LogP contribution in [0.15, 0.2) is 16.2 Å². The minimum Gasteiger partial charge on any atom is -0.337 e. The van der Waals surface area contributed by atoms with E-state index in [-0.39, 0.29) is 6.04 Å². The molecule has 2 rings (SSSR count). The minimum absolute atomic E-state index is 0.195. The van der Waals surface area contributed by atoms with Gasteiger partial charge in [0.05, 0.1) is 16.4 Å². The van der Waals surface area contributed by atoms with Crippen LogP contribution < -0.4 is 5.73 Å². The highest BCUT2D eigenvalue weighted by molar-refractivity contribution is 7.13. The molecule has 0 saturated heterocycles. The van der Waals surface area contributed by atoms with Gasteiger partial charge in [-0.3, -0.25) is 4.98 Å². The number of nitrogens with zero attached hydrogens (tertiary/aromatic N) is 3. The Morgan fingerprint density at radius 1 is 1.56 bits per heavy atom. The van der Waals surface area contributed by atoms with Gasteiger partial charge in [0.25, 0.3) is 0 Å². The maximum Gasteiger partial charge on any atom is 0.244 e. The lowest BCUT2D eigenvalue weighted by molar-refractivity contribution is 0.312. The summed E-state index contributed by atoms with van der Waals surface area (Å²) in [5.74, 6) is 1.39. The van der Waals surface area contributed by atoms with Crippen molar-refractivity contribution in [3.05, 3.63) is 17.6 Å². The summed E-state index contributed by atoms with van der Waals surface area (Å²) >= 11 is 1.48. The van der Waals surface area contributed by atoms with Gasteiger partial charge in [-0.15, -0.1) is 11.3 Å². The molecule has 0 aliphatic carbocycles. The molecule has 2 unspecified atom stereocenters. The molecular formula is C10H14N4OS. The van der Waals surface area contributed by atoms with Crippen LogP contribution in [0.2, 0.25) is 0 Å². The highest BCUT2D eigenvalue weighted by Gasteiger charge is 2.20. The summed E-state index contributed by atoms with van der Waals surface area (Å²) in [4.78, 5) is 9.15. The maximum absolute atomic E-state index is 6.01. The molecule has 0 saturated carbocycles. The van der Waals surface area contributed by atoms with Gasteiger partial charge in [-0.05, 0) is 5.92 Å². The van der Waals surface area contributed by atoms with E-state index in [4.69, 9.17) is 10.3 Å². The average Bonchev–Trinajstić information content (AvgIpc) is 2.96. The minimum atomic E-state index is -0.195. The Kier molecular flexibility index (Phi) is 3.31. The van der Waals surface area contributed by atoms with Gasteiger partial charge in [-0.1, -0.05) is 25.4 Å². The maximum atomic E-state index is 6.01. The first kappa shape index (κ1) is 11.2. The largest absolute Gasteiger partial charge is 0.337 e. The summed E-state index contributed by atoms with van der Waals surface area (Å²) in [6, 6.07) is -0.195. The Bertz CT molecular complexity index is 439. The zero-order chi connectivity index (χ0) is 11.5. The van der Waals surface area contributed by atoms with Crippen LogP contribution in [0, 0.1) is 5.92 Å². The van der Waals surface area contributed by atoms with E-state index >= 15 is 0 Å². The Hall–Kier alpha value is -1.27. The van der Waals surface area contributed by atoms with E-state index in [0.717, 1.165) is 11.3 Å². The van der Waals surface area contributed by atoms with Crippen molar-refractivity contribution in [2.75, 3.05) is 0 Å². The van der Waals surface area contributed by atoms with Crippen LogP contribution in [0.3, 0.4) is 0 Å². The number of aromatic nitrogens is 3. The monoisotopic (exact) mass is 238 g/mol. The predicted molar refractivity (Wildman–Crippen MR) is 61.8 cm³/mol. The van der Waals surface area contributed by atoms with Crippen molar-refractivity contribution in [3.8, 4) is 10.7 Å². The molecular weight excluding hydrogens is 224 g/mol. The van der Waals surface area contributed by atoms with Crippen LogP contribution in [0.1, 0.15) is 32.2 Å². The van der Waals surface area contributed by atoms with Gasteiger partial charge in [-0.25, -0.2) is 0 Å². The lowest BCUT2D eigenvalue weighted by atomic mass is 10.0. The van der Waals surface area contributed by atoms with Gasteiger partial charge < -0.3 is 10.3 Å². The summed E-state index contributed by atoms with van der Waals surface area (Å²) < 4.78 is 5.17. The third-order valence-corrected chi connectivity index (χ3v) is 3.41. The molecule has 6 heteroatoms. The van der Waals surface area contributed by atoms with Crippen LogP contribution in [0.25, 0.3) is 10.7 Å². The Labute approximate surface area is 97.7 Å². The van der Waals surface area contributed by atoms with Crippen molar-refractivity contribution < 1.29 is 4.52 Å². The van der Waals surface area contributed by atoms with Crippen molar-refractivity contribution in [1.82, 2.24) is 15.1 Å². The molecule has 2 atom stereocenters. The third kappa shape index (κ3) is 2.12. The quantitative estimate of drug-likeness (QED) is 0.883. The Balaban J connectivity index is 2.20. The van der Waals surface area contributed by atoms with Crippen LogP contribution >= 0.6 is 11.3 Å². The molecule has 0 aromatic carbocycles. The molecule has 0 radical (unpaired) electrons. The van der Waals surface area contributed by atoms with Crippen LogP contribution in [0.5, 0.6) is 0 Å². The molecule has 2 aromatic heterocycles. The van der Waals surface area contributed by atoms with E-state index < -0.39 is 0 Å². The van der Waals surface area contributed by atoms with E-state index in [2.05, 4.69) is 29.0 Å². The average molecular weight is 238 g/mol. The molecule has 16 heavy (non-hydrogen) atoms.